The van der Waals surface area contributed by atoms with E-state index in [4.69, 9.17) is 15.0 Å². The lowest BCUT2D eigenvalue weighted by Gasteiger charge is -2.13. The molecule has 2 aromatic heterocycles. The third kappa shape index (κ3) is 5.16. The zero-order chi connectivity index (χ0) is 33.7. The largest absolute Gasteiger partial charge is 0.208 e. The van der Waals surface area contributed by atoms with Crippen molar-refractivity contribution in [1.29, 1.82) is 0 Å². The highest BCUT2D eigenvalue weighted by Crippen LogP contribution is 2.41. The maximum Gasteiger partial charge on any atom is 0.164 e. The van der Waals surface area contributed by atoms with E-state index in [-0.39, 0.29) is 0 Å². The van der Waals surface area contributed by atoms with Crippen LogP contribution < -0.4 is 0 Å². The average molecular weight is 668 g/mol. The molecule has 4 heteroatoms. The van der Waals surface area contributed by atoms with Gasteiger partial charge in [0.25, 0.3) is 0 Å². The summed E-state index contributed by atoms with van der Waals surface area (Å²) in [5.41, 5.74) is 7.54. The van der Waals surface area contributed by atoms with Gasteiger partial charge < -0.3 is 0 Å². The fourth-order valence-corrected chi connectivity index (χ4v) is 8.41. The molecule has 0 N–H and O–H groups in total. The van der Waals surface area contributed by atoms with Gasteiger partial charge in [-0.25, -0.2) is 15.0 Å². The fourth-order valence-electron chi connectivity index (χ4n) is 7.28. The van der Waals surface area contributed by atoms with Crippen molar-refractivity contribution in [2.45, 2.75) is 0 Å². The standard InChI is InChI=1S/C47H29N3S/c1-2-12-30(13-3-1)31-24-26-32(27-25-31)45-48-46(50-47(49-45)41-29-34-14-4-5-17-36(34)38-18-6-7-19-39(38)41)35-16-10-15-33(28-35)37-21-11-23-43-44(37)40-20-8-9-22-42(40)51-43/h1-29H. The molecule has 0 aliphatic rings. The molecule has 8 aromatic carbocycles. The molecule has 238 valence electrons. The van der Waals surface area contributed by atoms with E-state index in [1.165, 1.54) is 42.1 Å². The van der Waals surface area contributed by atoms with Gasteiger partial charge in [-0.3, -0.25) is 0 Å². The molecule has 0 bridgehead atoms. The predicted molar refractivity (Wildman–Crippen MR) is 215 cm³/mol. The Balaban J connectivity index is 1.18. The number of hydrogen-bond acceptors (Lipinski definition) is 4. The Bertz CT molecular complexity index is 2910. The summed E-state index contributed by atoms with van der Waals surface area (Å²) < 4.78 is 2.58. The summed E-state index contributed by atoms with van der Waals surface area (Å²) in [6.45, 7) is 0. The molecular formula is C47H29N3S. The molecule has 0 aliphatic heterocycles. The molecule has 0 amide bonds. The van der Waals surface area contributed by atoms with E-state index < -0.39 is 0 Å². The molecule has 10 rings (SSSR count). The van der Waals surface area contributed by atoms with Crippen molar-refractivity contribution in [3.63, 3.8) is 0 Å². The minimum Gasteiger partial charge on any atom is -0.208 e. The number of aromatic nitrogens is 3. The van der Waals surface area contributed by atoms with Gasteiger partial charge in [-0.2, -0.15) is 0 Å². The van der Waals surface area contributed by atoms with Crippen molar-refractivity contribution in [3.05, 3.63) is 176 Å². The molecule has 0 atom stereocenters. The summed E-state index contributed by atoms with van der Waals surface area (Å²) in [4.78, 5) is 15.6. The van der Waals surface area contributed by atoms with Crippen molar-refractivity contribution in [2.75, 3.05) is 0 Å². The number of benzene rings is 8. The van der Waals surface area contributed by atoms with Gasteiger partial charge in [0.2, 0.25) is 0 Å². The van der Waals surface area contributed by atoms with Crippen LogP contribution in [0.25, 0.3) is 98.1 Å². The average Bonchev–Trinajstić information content (AvgIpc) is 3.60. The van der Waals surface area contributed by atoms with Crippen LogP contribution in [0.1, 0.15) is 0 Å². The van der Waals surface area contributed by atoms with Gasteiger partial charge in [-0.15, -0.1) is 11.3 Å². The normalized spacial score (nSPS) is 11.5. The van der Waals surface area contributed by atoms with E-state index >= 15 is 0 Å². The van der Waals surface area contributed by atoms with E-state index in [9.17, 15) is 0 Å². The molecule has 0 saturated carbocycles. The first kappa shape index (κ1) is 29.4. The monoisotopic (exact) mass is 667 g/mol. The number of hydrogen-bond donors (Lipinski definition) is 0. The molecule has 0 saturated heterocycles. The second-order valence-corrected chi connectivity index (χ2v) is 13.9. The highest BCUT2D eigenvalue weighted by atomic mass is 32.1. The smallest absolute Gasteiger partial charge is 0.164 e. The lowest BCUT2D eigenvalue weighted by molar-refractivity contribution is 1.08. The molecule has 0 spiro atoms. The fraction of sp³-hybridized carbons (Fsp3) is 0. The van der Waals surface area contributed by atoms with Crippen LogP contribution in [0.5, 0.6) is 0 Å². The molecule has 0 fully saturated rings. The third-order valence-corrected chi connectivity index (χ3v) is 10.9. The Kier molecular flexibility index (Phi) is 7.00. The third-order valence-electron chi connectivity index (χ3n) is 9.73. The summed E-state index contributed by atoms with van der Waals surface area (Å²) in [6, 6.07) is 62.1. The molecule has 3 nitrogen and oxygen atoms in total. The van der Waals surface area contributed by atoms with Gasteiger partial charge in [0.1, 0.15) is 0 Å². The van der Waals surface area contributed by atoms with Crippen LogP contribution in [0.2, 0.25) is 0 Å². The minimum absolute atomic E-state index is 0.642. The first-order valence-corrected chi connectivity index (χ1v) is 17.9. The van der Waals surface area contributed by atoms with Gasteiger partial charge in [0.15, 0.2) is 17.5 Å². The van der Waals surface area contributed by atoms with Crippen molar-refractivity contribution >= 4 is 53.1 Å². The van der Waals surface area contributed by atoms with Gasteiger partial charge in [-0.1, -0.05) is 152 Å². The molecule has 10 aromatic rings. The van der Waals surface area contributed by atoms with Crippen LogP contribution in [0.15, 0.2) is 176 Å². The summed E-state index contributed by atoms with van der Waals surface area (Å²) >= 11 is 1.84. The topological polar surface area (TPSA) is 38.7 Å². The van der Waals surface area contributed by atoms with Crippen LogP contribution in [-0.4, -0.2) is 15.0 Å². The maximum atomic E-state index is 5.24. The number of rotatable bonds is 5. The second-order valence-electron chi connectivity index (χ2n) is 12.8. The summed E-state index contributed by atoms with van der Waals surface area (Å²) in [5, 5.41) is 7.23. The number of fused-ring (bicyclic) bond motifs is 6. The highest BCUT2D eigenvalue weighted by Gasteiger charge is 2.17. The van der Waals surface area contributed by atoms with E-state index in [0.29, 0.717) is 17.5 Å². The number of nitrogens with zero attached hydrogens (tertiary/aromatic N) is 3. The lowest BCUT2D eigenvalue weighted by Crippen LogP contribution is -2.01. The Morgan fingerprint density at radius 3 is 1.73 bits per heavy atom. The Morgan fingerprint density at radius 1 is 0.314 bits per heavy atom. The first-order chi connectivity index (χ1) is 25.3. The minimum atomic E-state index is 0.642. The summed E-state index contributed by atoms with van der Waals surface area (Å²) in [5.74, 6) is 1.94. The Hall–Kier alpha value is -6.49. The van der Waals surface area contributed by atoms with E-state index in [2.05, 4.69) is 170 Å². The van der Waals surface area contributed by atoms with Gasteiger partial charge >= 0.3 is 0 Å². The lowest BCUT2D eigenvalue weighted by atomic mass is 9.96. The van der Waals surface area contributed by atoms with Gasteiger partial charge in [0.05, 0.1) is 0 Å². The molecule has 0 aliphatic carbocycles. The SMILES string of the molecule is c1ccc(-c2ccc(-c3nc(-c4cccc(-c5cccc6sc7ccccc7c56)c4)nc(-c4cc5ccccc5c5ccccc45)n3)cc2)cc1. The molecule has 2 heterocycles. The van der Waals surface area contributed by atoms with Gasteiger partial charge in [-0.05, 0) is 68.1 Å². The van der Waals surface area contributed by atoms with Crippen LogP contribution in [0, 0.1) is 0 Å². The zero-order valence-electron chi connectivity index (χ0n) is 27.5. The van der Waals surface area contributed by atoms with E-state index in [0.717, 1.165) is 38.6 Å². The van der Waals surface area contributed by atoms with Crippen LogP contribution in [-0.2, 0) is 0 Å². The van der Waals surface area contributed by atoms with Crippen LogP contribution in [0.4, 0.5) is 0 Å². The zero-order valence-corrected chi connectivity index (χ0v) is 28.3. The second kappa shape index (κ2) is 12.1. The highest BCUT2D eigenvalue weighted by molar-refractivity contribution is 7.25. The summed E-state index contributed by atoms with van der Waals surface area (Å²) in [7, 11) is 0. The van der Waals surface area contributed by atoms with Gasteiger partial charge in [0, 0.05) is 36.9 Å². The summed E-state index contributed by atoms with van der Waals surface area (Å²) in [6.07, 6.45) is 0. The van der Waals surface area contributed by atoms with Crippen molar-refractivity contribution in [3.8, 4) is 56.4 Å². The molecule has 0 unspecified atom stereocenters. The first-order valence-electron chi connectivity index (χ1n) is 17.1. The van der Waals surface area contributed by atoms with Crippen molar-refractivity contribution in [1.82, 2.24) is 15.0 Å². The molecular weight excluding hydrogens is 639 g/mol. The van der Waals surface area contributed by atoms with E-state index in [1.807, 2.05) is 17.4 Å². The van der Waals surface area contributed by atoms with Crippen LogP contribution in [0.3, 0.4) is 0 Å². The number of thiophene rings is 1. The van der Waals surface area contributed by atoms with E-state index in [1.54, 1.807) is 0 Å². The Morgan fingerprint density at radius 2 is 0.882 bits per heavy atom. The van der Waals surface area contributed by atoms with Crippen molar-refractivity contribution in [2.24, 2.45) is 0 Å². The molecule has 51 heavy (non-hydrogen) atoms. The molecule has 0 radical (unpaired) electrons. The van der Waals surface area contributed by atoms with Crippen LogP contribution >= 0.6 is 11.3 Å². The van der Waals surface area contributed by atoms with Crippen molar-refractivity contribution < 1.29 is 0 Å². The Labute approximate surface area is 299 Å². The maximum absolute atomic E-state index is 5.24. The quantitative estimate of drug-likeness (QED) is 0.171. The predicted octanol–water partition coefficient (Wildman–Crippen LogP) is 12.9.